The second-order valence-corrected chi connectivity index (χ2v) is 6.17. The van der Waals surface area contributed by atoms with Gasteiger partial charge >= 0.3 is 0 Å². The zero-order chi connectivity index (χ0) is 13.9. The van der Waals surface area contributed by atoms with Crippen molar-refractivity contribution in [2.24, 2.45) is 0 Å². The fraction of sp³-hybridized carbons (Fsp3) is 0.600. The van der Waals surface area contributed by atoms with Crippen LogP contribution in [0.15, 0.2) is 18.2 Å². The minimum Gasteiger partial charge on any atom is -0.315 e. The molecule has 0 aliphatic carbocycles. The van der Waals surface area contributed by atoms with Gasteiger partial charge < -0.3 is 5.32 Å². The van der Waals surface area contributed by atoms with Crippen LogP contribution in [0.1, 0.15) is 12.0 Å². The van der Waals surface area contributed by atoms with E-state index in [1.807, 2.05) is 6.07 Å². The fourth-order valence-corrected chi connectivity index (χ4v) is 3.44. The summed E-state index contributed by atoms with van der Waals surface area (Å²) >= 11 is 5.90. The molecule has 2 heterocycles. The van der Waals surface area contributed by atoms with Gasteiger partial charge in [0.05, 0.1) is 0 Å². The Bertz CT molecular complexity index is 434. The second-order valence-electron chi connectivity index (χ2n) is 5.74. The predicted octanol–water partition coefficient (Wildman–Crippen LogP) is 1.96. The van der Waals surface area contributed by atoms with Crippen LogP contribution in [-0.2, 0) is 6.54 Å². The molecule has 110 valence electrons. The number of nitrogens with zero attached hydrogens (tertiary/aromatic N) is 2. The third-order valence-corrected chi connectivity index (χ3v) is 4.50. The van der Waals surface area contributed by atoms with E-state index in [9.17, 15) is 4.39 Å². The van der Waals surface area contributed by atoms with Gasteiger partial charge in [-0.05, 0) is 36.7 Å². The summed E-state index contributed by atoms with van der Waals surface area (Å²) in [4.78, 5) is 4.96. The molecule has 0 bridgehead atoms. The largest absolute Gasteiger partial charge is 0.315 e. The minimum absolute atomic E-state index is 0.247. The van der Waals surface area contributed by atoms with Gasteiger partial charge in [0, 0.05) is 50.3 Å². The molecule has 2 fully saturated rings. The Morgan fingerprint density at radius 2 is 2.00 bits per heavy atom. The number of hydrogen-bond acceptors (Lipinski definition) is 3. The highest BCUT2D eigenvalue weighted by Crippen LogP contribution is 2.17. The maximum absolute atomic E-state index is 13.3. The van der Waals surface area contributed by atoms with Gasteiger partial charge in [0.25, 0.3) is 0 Å². The lowest BCUT2D eigenvalue weighted by Gasteiger charge is -2.37. The summed E-state index contributed by atoms with van der Waals surface area (Å²) in [5, 5.41) is 3.90. The molecular weight excluding hydrogens is 277 g/mol. The van der Waals surface area contributed by atoms with Crippen molar-refractivity contribution in [3.63, 3.8) is 0 Å². The number of piperazine rings is 1. The molecule has 0 aromatic heterocycles. The van der Waals surface area contributed by atoms with Crippen molar-refractivity contribution in [2.75, 3.05) is 39.3 Å². The highest BCUT2D eigenvalue weighted by molar-refractivity contribution is 6.30. The van der Waals surface area contributed by atoms with Crippen LogP contribution in [0.4, 0.5) is 4.39 Å². The summed E-state index contributed by atoms with van der Waals surface area (Å²) in [6.07, 6.45) is 1.26. The Kier molecular flexibility index (Phi) is 4.56. The molecule has 3 nitrogen and oxygen atoms in total. The van der Waals surface area contributed by atoms with E-state index >= 15 is 0 Å². The van der Waals surface area contributed by atoms with Gasteiger partial charge in [-0.25, -0.2) is 4.39 Å². The standard InChI is InChI=1S/C15H21ClFN3/c16-13-7-12(8-14(17)9-13)11-19-3-5-20(6-4-19)15-1-2-18-10-15/h7-9,15,18H,1-6,10-11H2. The zero-order valence-corrected chi connectivity index (χ0v) is 12.4. The highest BCUT2D eigenvalue weighted by Gasteiger charge is 2.25. The summed E-state index contributed by atoms with van der Waals surface area (Å²) in [5.74, 6) is -0.247. The predicted molar refractivity (Wildman–Crippen MR) is 79.5 cm³/mol. The Morgan fingerprint density at radius 3 is 2.65 bits per heavy atom. The molecule has 20 heavy (non-hydrogen) atoms. The zero-order valence-electron chi connectivity index (χ0n) is 11.6. The van der Waals surface area contributed by atoms with E-state index in [2.05, 4.69) is 15.1 Å². The van der Waals surface area contributed by atoms with E-state index in [0.717, 1.165) is 51.4 Å². The van der Waals surface area contributed by atoms with E-state index < -0.39 is 0 Å². The van der Waals surface area contributed by atoms with E-state index in [-0.39, 0.29) is 5.82 Å². The molecule has 1 aromatic rings. The summed E-state index contributed by atoms with van der Waals surface area (Å²) in [6, 6.07) is 5.51. The molecule has 0 spiro atoms. The van der Waals surface area contributed by atoms with E-state index in [0.29, 0.717) is 11.1 Å². The summed E-state index contributed by atoms with van der Waals surface area (Å²) < 4.78 is 13.3. The molecule has 0 radical (unpaired) electrons. The van der Waals surface area contributed by atoms with Crippen LogP contribution in [0, 0.1) is 5.82 Å². The van der Waals surface area contributed by atoms with E-state index in [1.165, 1.54) is 12.5 Å². The van der Waals surface area contributed by atoms with Crippen molar-refractivity contribution < 1.29 is 4.39 Å². The number of halogens is 2. The lowest BCUT2D eigenvalue weighted by Crippen LogP contribution is -2.50. The molecule has 0 saturated carbocycles. The maximum Gasteiger partial charge on any atom is 0.125 e. The van der Waals surface area contributed by atoms with Crippen LogP contribution in [0.3, 0.4) is 0 Å². The first kappa shape index (κ1) is 14.3. The molecule has 5 heteroatoms. The smallest absolute Gasteiger partial charge is 0.125 e. The van der Waals surface area contributed by atoms with Crippen molar-refractivity contribution in [2.45, 2.75) is 19.0 Å². The third kappa shape index (κ3) is 3.50. The van der Waals surface area contributed by atoms with Crippen molar-refractivity contribution >= 4 is 11.6 Å². The molecule has 2 aliphatic heterocycles. The molecule has 1 atom stereocenters. The number of hydrogen-bond donors (Lipinski definition) is 1. The van der Waals surface area contributed by atoms with Crippen molar-refractivity contribution in [3.8, 4) is 0 Å². The first-order valence-electron chi connectivity index (χ1n) is 7.33. The van der Waals surface area contributed by atoms with Gasteiger partial charge in [0.15, 0.2) is 0 Å². The molecule has 1 N–H and O–H groups in total. The van der Waals surface area contributed by atoms with Crippen LogP contribution in [0.25, 0.3) is 0 Å². The quantitative estimate of drug-likeness (QED) is 0.920. The van der Waals surface area contributed by atoms with Crippen LogP contribution >= 0.6 is 11.6 Å². The average Bonchev–Trinajstić information content (AvgIpc) is 2.92. The number of benzene rings is 1. The SMILES string of the molecule is Fc1cc(Cl)cc(CN2CCN(C3CCNC3)CC2)c1. The fourth-order valence-electron chi connectivity index (χ4n) is 3.20. The Morgan fingerprint density at radius 1 is 1.20 bits per heavy atom. The molecular formula is C15H21ClFN3. The van der Waals surface area contributed by atoms with Crippen molar-refractivity contribution in [1.29, 1.82) is 0 Å². The van der Waals surface area contributed by atoms with Crippen molar-refractivity contribution in [3.05, 3.63) is 34.6 Å². The second kappa shape index (κ2) is 6.39. The number of nitrogens with one attached hydrogen (secondary N) is 1. The Hall–Kier alpha value is -0.680. The van der Waals surface area contributed by atoms with Crippen LogP contribution in [0.2, 0.25) is 5.02 Å². The van der Waals surface area contributed by atoms with Crippen LogP contribution in [-0.4, -0.2) is 55.1 Å². The molecule has 0 amide bonds. The van der Waals surface area contributed by atoms with Gasteiger partial charge in [0.1, 0.15) is 5.82 Å². The van der Waals surface area contributed by atoms with E-state index in [1.54, 1.807) is 6.07 Å². The van der Waals surface area contributed by atoms with Gasteiger partial charge in [-0.2, -0.15) is 0 Å². The monoisotopic (exact) mass is 297 g/mol. The third-order valence-electron chi connectivity index (χ3n) is 4.29. The molecule has 2 aliphatic rings. The molecule has 1 unspecified atom stereocenters. The van der Waals surface area contributed by atoms with Gasteiger partial charge in [0.2, 0.25) is 0 Å². The Balaban J connectivity index is 1.53. The molecule has 1 aromatic carbocycles. The summed E-state index contributed by atoms with van der Waals surface area (Å²) in [6.45, 7) is 7.36. The summed E-state index contributed by atoms with van der Waals surface area (Å²) in [5.41, 5.74) is 0.964. The van der Waals surface area contributed by atoms with Gasteiger partial charge in [-0.15, -0.1) is 0 Å². The maximum atomic E-state index is 13.3. The van der Waals surface area contributed by atoms with Gasteiger partial charge in [-0.3, -0.25) is 9.80 Å². The number of rotatable bonds is 3. The van der Waals surface area contributed by atoms with Crippen LogP contribution in [0.5, 0.6) is 0 Å². The average molecular weight is 298 g/mol. The highest BCUT2D eigenvalue weighted by atomic mass is 35.5. The lowest BCUT2D eigenvalue weighted by atomic mass is 10.1. The minimum atomic E-state index is -0.247. The summed E-state index contributed by atoms with van der Waals surface area (Å²) in [7, 11) is 0. The van der Waals surface area contributed by atoms with Gasteiger partial charge in [-0.1, -0.05) is 11.6 Å². The topological polar surface area (TPSA) is 18.5 Å². The first-order chi connectivity index (χ1) is 9.70. The first-order valence-corrected chi connectivity index (χ1v) is 7.70. The van der Waals surface area contributed by atoms with E-state index in [4.69, 9.17) is 11.6 Å². The normalized spacial score (nSPS) is 25.2. The van der Waals surface area contributed by atoms with Crippen molar-refractivity contribution in [1.82, 2.24) is 15.1 Å². The molecule has 2 saturated heterocycles. The lowest BCUT2D eigenvalue weighted by molar-refractivity contribution is 0.0981. The van der Waals surface area contributed by atoms with Crippen LogP contribution < -0.4 is 5.32 Å². The Labute approximate surface area is 124 Å². The molecule has 3 rings (SSSR count).